The highest BCUT2D eigenvalue weighted by Crippen LogP contribution is 2.38. The van der Waals surface area contributed by atoms with Crippen molar-refractivity contribution in [1.82, 2.24) is 0 Å². The number of hydrogen-bond acceptors (Lipinski definition) is 1. The van der Waals surface area contributed by atoms with Gasteiger partial charge in [-0.3, -0.25) is 0 Å². The molecule has 0 saturated heterocycles. The monoisotopic (exact) mass is 263 g/mol. The van der Waals surface area contributed by atoms with Gasteiger partial charge in [0.2, 0.25) is 0 Å². The second-order valence-corrected chi connectivity index (χ2v) is 6.53. The number of nitriles is 1. The number of nitrogens with zero attached hydrogens (tertiary/aromatic N) is 1. The summed E-state index contributed by atoms with van der Waals surface area (Å²) in [5, 5.41) is 9.52. The minimum Gasteiger partial charge on any atom is -0.198 e. The molecule has 0 aromatic heterocycles. The van der Waals surface area contributed by atoms with Gasteiger partial charge in [-0.25, -0.2) is 0 Å². The molecule has 0 bridgehead atoms. The van der Waals surface area contributed by atoms with Crippen molar-refractivity contribution in [3.8, 4) is 6.07 Å². The van der Waals surface area contributed by atoms with Crippen LogP contribution in [0.25, 0.3) is 0 Å². The zero-order valence-electron chi connectivity index (χ0n) is 13.1. The van der Waals surface area contributed by atoms with Gasteiger partial charge in [0.05, 0.1) is 11.5 Å². The lowest BCUT2D eigenvalue weighted by Crippen LogP contribution is -2.17. The Balaban J connectivity index is 2.07. The van der Waals surface area contributed by atoms with Gasteiger partial charge in [0.1, 0.15) is 0 Å². The molecule has 1 heteroatoms. The number of unbranched alkanes of at least 4 members (excludes halogenated alkanes) is 7. The number of rotatable bonds is 9. The highest BCUT2D eigenvalue weighted by molar-refractivity contribution is 4.99. The second kappa shape index (κ2) is 10.3. The van der Waals surface area contributed by atoms with Gasteiger partial charge in [-0.2, -0.15) is 5.26 Å². The molecule has 0 aromatic rings. The van der Waals surface area contributed by atoms with Crippen molar-refractivity contribution >= 4 is 0 Å². The van der Waals surface area contributed by atoms with Crippen LogP contribution in [0.3, 0.4) is 0 Å². The van der Waals surface area contributed by atoms with Crippen LogP contribution in [-0.2, 0) is 0 Å². The van der Waals surface area contributed by atoms with Crippen molar-refractivity contribution in [2.75, 3.05) is 0 Å². The Kier molecular flexibility index (Phi) is 8.97. The van der Waals surface area contributed by atoms with E-state index in [2.05, 4.69) is 13.0 Å². The summed E-state index contributed by atoms with van der Waals surface area (Å²) < 4.78 is 0. The minimum atomic E-state index is 0.0543. The molecule has 0 N–H and O–H groups in total. The third-order valence-corrected chi connectivity index (χ3v) is 4.81. The number of hydrogen-bond donors (Lipinski definition) is 0. The molecule has 0 amide bonds. The molecule has 19 heavy (non-hydrogen) atoms. The Morgan fingerprint density at radius 2 is 1.32 bits per heavy atom. The first-order valence-electron chi connectivity index (χ1n) is 8.74. The molecule has 0 spiro atoms. The lowest BCUT2D eigenvalue weighted by molar-refractivity contribution is 0.301. The lowest BCUT2D eigenvalue weighted by Gasteiger charge is -2.24. The first-order valence-corrected chi connectivity index (χ1v) is 8.74. The normalized spacial score (nSPS) is 18.7. The Bertz CT molecular complexity index is 243. The van der Waals surface area contributed by atoms with E-state index < -0.39 is 0 Å². The first-order chi connectivity index (χ1) is 9.33. The smallest absolute Gasteiger partial charge is 0.0689 e. The topological polar surface area (TPSA) is 23.8 Å². The molecular formula is C18H33N. The zero-order valence-corrected chi connectivity index (χ0v) is 13.1. The molecule has 0 aromatic carbocycles. The molecule has 1 saturated carbocycles. The molecule has 110 valence electrons. The minimum absolute atomic E-state index is 0.0543. The molecule has 1 rings (SSSR count). The maximum absolute atomic E-state index is 9.52. The molecule has 0 unspecified atom stereocenters. The van der Waals surface area contributed by atoms with E-state index in [0.717, 1.165) is 0 Å². The van der Waals surface area contributed by atoms with Crippen LogP contribution in [0.4, 0.5) is 0 Å². The average molecular weight is 263 g/mol. The first kappa shape index (κ1) is 16.5. The standard InChI is InChI=1S/C18H33N/c1-2-3-4-5-6-7-8-11-14-18(17-19)15-12-9-10-13-16-18/h2-16H2,1H3. The van der Waals surface area contributed by atoms with E-state index in [9.17, 15) is 5.26 Å². The predicted octanol–water partition coefficient (Wildman–Crippen LogP) is 6.38. The Hall–Kier alpha value is -0.510. The van der Waals surface area contributed by atoms with Crippen LogP contribution in [-0.4, -0.2) is 0 Å². The summed E-state index contributed by atoms with van der Waals surface area (Å²) in [7, 11) is 0. The fourth-order valence-corrected chi connectivity index (χ4v) is 3.42. The summed E-state index contributed by atoms with van der Waals surface area (Å²) in [5.74, 6) is 0. The largest absolute Gasteiger partial charge is 0.198 e. The maximum Gasteiger partial charge on any atom is 0.0689 e. The van der Waals surface area contributed by atoms with E-state index >= 15 is 0 Å². The van der Waals surface area contributed by atoms with Gasteiger partial charge in [-0.1, -0.05) is 84.0 Å². The molecule has 0 heterocycles. The highest BCUT2D eigenvalue weighted by atomic mass is 14.4. The lowest BCUT2D eigenvalue weighted by atomic mass is 9.77. The third-order valence-electron chi connectivity index (χ3n) is 4.81. The van der Waals surface area contributed by atoms with Crippen molar-refractivity contribution in [1.29, 1.82) is 5.26 Å². The van der Waals surface area contributed by atoms with Crippen LogP contribution in [0.15, 0.2) is 0 Å². The van der Waals surface area contributed by atoms with Crippen molar-refractivity contribution < 1.29 is 0 Å². The van der Waals surface area contributed by atoms with Crippen LogP contribution in [0.5, 0.6) is 0 Å². The van der Waals surface area contributed by atoms with Gasteiger partial charge in [-0.05, 0) is 19.3 Å². The summed E-state index contributed by atoms with van der Waals surface area (Å²) >= 11 is 0. The summed E-state index contributed by atoms with van der Waals surface area (Å²) in [5.41, 5.74) is 0.0543. The molecule has 0 atom stereocenters. The predicted molar refractivity (Wildman–Crippen MR) is 83.0 cm³/mol. The van der Waals surface area contributed by atoms with Crippen LogP contribution in [0.2, 0.25) is 0 Å². The van der Waals surface area contributed by atoms with E-state index in [4.69, 9.17) is 0 Å². The molecule has 1 fully saturated rings. The molecule has 1 aliphatic rings. The van der Waals surface area contributed by atoms with Gasteiger partial charge in [0, 0.05) is 0 Å². The molecule has 1 aliphatic carbocycles. The molecule has 1 nitrogen and oxygen atoms in total. The van der Waals surface area contributed by atoms with Crippen molar-refractivity contribution in [2.24, 2.45) is 5.41 Å². The van der Waals surface area contributed by atoms with E-state index in [-0.39, 0.29) is 5.41 Å². The Morgan fingerprint density at radius 1 is 0.789 bits per heavy atom. The molecular weight excluding hydrogens is 230 g/mol. The highest BCUT2D eigenvalue weighted by Gasteiger charge is 2.29. The summed E-state index contributed by atoms with van der Waals surface area (Å²) in [6.45, 7) is 2.27. The average Bonchev–Trinajstić information content (AvgIpc) is 2.68. The SMILES string of the molecule is CCCCCCCCCCC1(C#N)CCCCCC1. The van der Waals surface area contributed by atoms with Crippen molar-refractivity contribution in [2.45, 2.75) is 103 Å². The zero-order chi connectivity index (χ0) is 13.8. The van der Waals surface area contributed by atoms with Crippen molar-refractivity contribution in [3.63, 3.8) is 0 Å². The summed E-state index contributed by atoms with van der Waals surface area (Å²) in [4.78, 5) is 0. The maximum atomic E-state index is 9.52. The van der Waals surface area contributed by atoms with Crippen LogP contribution in [0, 0.1) is 16.7 Å². The van der Waals surface area contributed by atoms with Gasteiger partial charge >= 0.3 is 0 Å². The summed E-state index contributed by atoms with van der Waals surface area (Å²) in [6.07, 6.45) is 19.7. The van der Waals surface area contributed by atoms with Gasteiger partial charge in [0.25, 0.3) is 0 Å². The summed E-state index contributed by atoms with van der Waals surface area (Å²) in [6, 6.07) is 2.68. The van der Waals surface area contributed by atoms with E-state index in [1.165, 1.54) is 96.3 Å². The molecule has 0 radical (unpaired) electrons. The van der Waals surface area contributed by atoms with Crippen LogP contribution < -0.4 is 0 Å². The van der Waals surface area contributed by atoms with E-state index in [1.807, 2.05) is 0 Å². The van der Waals surface area contributed by atoms with E-state index in [0.29, 0.717) is 0 Å². The van der Waals surface area contributed by atoms with Gasteiger partial charge in [-0.15, -0.1) is 0 Å². The van der Waals surface area contributed by atoms with Gasteiger partial charge < -0.3 is 0 Å². The van der Waals surface area contributed by atoms with Gasteiger partial charge in [0.15, 0.2) is 0 Å². The molecule has 0 aliphatic heterocycles. The van der Waals surface area contributed by atoms with Crippen LogP contribution in [0.1, 0.15) is 103 Å². The van der Waals surface area contributed by atoms with Crippen molar-refractivity contribution in [3.05, 3.63) is 0 Å². The quantitative estimate of drug-likeness (QED) is 0.349. The third kappa shape index (κ3) is 7.00. The van der Waals surface area contributed by atoms with Crippen LogP contribution >= 0.6 is 0 Å². The second-order valence-electron chi connectivity index (χ2n) is 6.53. The Morgan fingerprint density at radius 3 is 1.84 bits per heavy atom. The van der Waals surface area contributed by atoms with E-state index in [1.54, 1.807) is 0 Å². The fraction of sp³-hybridized carbons (Fsp3) is 0.944. The Labute approximate surface area is 120 Å². The fourth-order valence-electron chi connectivity index (χ4n) is 3.42.